The van der Waals surface area contributed by atoms with E-state index in [1.165, 1.54) is 17.8 Å². The van der Waals surface area contributed by atoms with E-state index in [1.807, 2.05) is 18.2 Å². The van der Waals surface area contributed by atoms with Gasteiger partial charge >= 0.3 is 5.69 Å². The Kier molecular flexibility index (Phi) is 5.75. The van der Waals surface area contributed by atoms with E-state index < -0.39 is 17.2 Å². The van der Waals surface area contributed by atoms with Crippen LogP contribution >= 0.6 is 11.6 Å². The molecule has 0 radical (unpaired) electrons. The van der Waals surface area contributed by atoms with Gasteiger partial charge in [0.05, 0.1) is 10.7 Å². The van der Waals surface area contributed by atoms with E-state index in [-0.39, 0.29) is 12.0 Å². The lowest BCUT2D eigenvalue weighted by atomic mass is 9.86. The number of carbonyl (C=O) groups excluding carboxylic acids is 1. The zero-order valence-corrected chi connectivity index (χ0v) is 17.2. The van der Waals surface area contributed by atoms with Crippen LogP contribution in [-0.2, 0) is 16.8 Å². The highest BCUT2D eigenvalue weighted by molar-refractivity contribution is 6.34. The second kappa shape index (κ2) is 8.09. The fraction of sp³-hybridized carbons (Fsp3) is 0.227. The number of halogens is 1. The van der Waals surface area contributed by atoms with Gasteiger partial charge in [-0.05, 0) is 34.2 Å². The highest BCUT2D eigenvalue weighted by Gasteiger charge is 2.14. The molecular weight excluding hydrogens is 390 g/mol. The summed E-state index contributed by atoms with van der Waals surface area (Å²) in [4.78, 5) is 37.1. The average molecular weight is 412 g/mol. The molecule has 0 aliphatic heterocycles. The third-order valence-electron chi connectivity index (χ3n) is 4.54. The number of hydrogen-bond acceptors (Lipinski definition) is 3. The second-order valence-electron chi connectivity index (χ2n) is 7.81. The molecule has 0 bridgehead atoms. The van der Waals surface area contributed by atoms with Gasteiger partial charge in [0.2, 0.25) is 5.91 Å². The van der Waals surface area contributed by atoms with Gasteiger partial charge in [-0.3, -0.25) is 19.1 Å². The minimum atomic E-state index is -0.646. The zero-order chi connectivity index (χ0) is 21.2. The number of nitrogens with one attached hydrogen (secondary N) is 2. The van der Waals surface area contributed by atoms with Crippen molar-refractivity contribution in [3.05, 3.63) is 86.2 Å². The molecular formula is C22H22ClN3O3. The first kappa shape index (κ1) is 20.6. The minimum absolute atomic E-state index is 0.0814. The Balaban J connectivity index is 1.74. The lowest BCUT2D eigenvalue weighted by Crippen LogP contribution is -2.32. The molecule has 7 heteroatoms. The summed E-state index contributed by atoms with van der Waals surface area (Å²) in [6.45, 7) is 6.26. The van der Waals surface area contributed by atoms with E-state index >= 15 is 0 Å². The van der Waals surface area contributed by atoms with E-state index in [2.05, 4.69) is 43.2 Å². The standard InChI is InChI=1S/C22H22ClN3O3/c1-22(2,3)16-7-4-14(5-8-16)15-6-9-18(17(23)12-15)24-20(28)13-26-11-10-19(27)25-21(26)29/h4-12H,13H2,1-3H3,(H,24,28)(H,25,27,29). The first-order valence-corrected chi connectivity index (χ1v) is 9.51. The summed E-state index contributed by atoms with van der Waals surface area (Å²) < 4.78 is 1.11. The SMILES string of the molecule is CC(C)(C)c1ccc(-c2ccc(NC(=O)Cn3ccc(=O)[nH]c3=O)c(Cl)c2)cc1. The average Bonchev–Trinajstić information content (AvgIpc) is 2.65. The maximum atomic E-state index is 12.2. The molecule has 0 atom stereocenters. The number of amides is 1. The number of aromatic nitrogens is 2. The van der Waals surface area contributed by atoms with Gasteiger partial charge in [0.15, 0.2) is 0 Å². The Morgan fingerprint density at radius 2 is 1.69 bits per heavy atom. The van der Waals surface area contributed by atoms with Crippen LogP contribution in [0.2, 0.25) is 5.02 Å². The first-order valence-electron chi connectivity index (χ1n) is 9.13. The third kappa shape index (κ3) is 5.03. The van der Waals surface area contributed by atoms with Crippen LogP contribution in [-0.4, -0.2) is 15.5 Å². The van der Waals surface area contributed by atoms with Crippen molar-refractivity contribution < 1.29 is 4.79 Å². The van der Waals surface area contributed by atoms with E-state index in [0.29, 0.717) is 10.7 Å². The van der Waals surface area contributed by atoms with Crippen LogP contribution in [0, 0.1) is 0 Å². The topological polar surface area (TPSA) is 84.0 Å². The quantitative estimate of drug-likeness (QED) is 0.685. The summed E-state index contributed by atoms with van der Waals surface area (Å²) in [7, 11) is 0. The van der Waals surface area contributed by atoms with Crippen LogP contribution in [0.5, 0.6) is 0 Å². The van der Waals surface area contributed by atoms with Gasteiger partial charge in [0, 0.05) is 12.3 Å². The fourth-order valence-electron chi connectivity index (χ4n) is 2.87. The Hall–Kier alpha value is -3.12. The fourth-order valence-corrected chi connectivity index (χ4v) is 3.10. The lowest BCUT2D eigenvalue weighted by Gasteiger charge is -2.19. The molecule has 1 aromatic heterocycles. The van der Waals surface area contributed by atoms with Crippen LogP contribution in [0.1, 0.15) is 26.3 Å². The summed E-state index contributed by atoms with van der Waals surface area (Å²) in [6.07, 6.45) is 1.27. The van der Waals surface area contributed by atoms with Gasteiger partial charge < -0.3 is 5.32 Å². The van der Waals surface area contributed by atoms with Crippen molar-refractivity contribution >= 4 is 23.2 Å². The molecule has 0 unspecified atom stereocenters. The smallest absolute Gasteiger partial charge is 0.323 e. The molecule has 0 spiro atoms. The summed E-state index contributed by atoms with van der Waals surface area (Å²) in [5, 5.41) is 3.08. The molecule has 29 heavy (non-hydrogen) atoms. The largest absolute Gasteiger partial charge is 0.328 e. The lowest BCUT2D eigenvalue weighted by molar-refractivity contribution is -0.116. The number of anilines is 1. The van der Waals surface area contributed by atoms with Crippen molar-refractivity contribution in [3.8, 4) is 11.1 Å². The number of hydrogen-bond donors (Lipinski definition) is 2. The molecule has 6 nitrogen and oxygen atoms in total. The number of nitrogens with zero attached hydrogens (tertiary/aromatic N) is 1. The molecule has 2 N–H and O–H groups in total. The van der Waals surface area contributed by atoms with Gasteiger partial charge in [-0.1, -0.05) is 62.7 Å². The highest BCUT2D eigenvalue weighted by atomic mass is 35.5. The zero-order valence-electron chi connectivity index (χ0n) is 16.5. The van der Waals surface area contributed by atoms with Crippen molar-refractivity contribution in [1.82, 2.24) is 9.55 Å². The van der Waals surface area contributed by atoms with E-state index in [0.717, 1.165) is 15.7 Å². The molecule has 0 aliphatic rings. The van der Waals surface area contributed by atoms with Gasteiger partial charge in [-0.15, -0.1) is 0 Å². The normalized spacial score (nSPS) is 11.3. The van der Waals surface area contributed by atoms with Gasteiger partial charge in [0.25, 0.3) is 5.56 Å². The maximum absolute atomic E-state index is 12.2. The highest BCUT2D eigenvalue weighted by Crippen LogP contribution is 2.30. The molecule has 150 valence electrons. The van der Waals surface area contributed by atoms with Crippen molar-refractivity contribution in [1.29, 1.82) is 0 Å². The van der Waals surface area contributed by atoms with Crippen LogP contribution in [0.3, 0.4) is 0 Å². The van der Waals surface area contributed by atoms with Crippen LogP contribution in [0.4, 0.5) is 5.69 Å². The molecule has 2 aromatic carbocycles. The third-order valence-corrected chi connectivity index (χ3v) is 4.85. The Bertz CT molecular complexity index is 1160. The predicted molar refractivity (Wildman–Crippen MR) is 116 cm³/mol. The maximum Gasteiger partial charge on any atom is 0.328 e. The van der Waals surface area contributed by atoms with Crippen LogP contribution < -0.4 is 16.6 Å². The van der Waals surface area contributed by atoms with Crippen molar-refractivity contribution in [2.45, 2.75) is 32.7 Å². The number of benzene rings is 2. The van der Waals surface area contributed by atoms with Gasteiger partial charge in [0.1, 0.15) is 6.54 Å². The second-order valence-corrected chi connectivity index (χ2v) is 8.22. The number of aromatic amines is 1. The Labute approximate surface area is 173 Å². The van der Waals surface area contributed by atoms with Crippen molar-refractivity contribution in [2.75, 3.05) is 5.32 Å². The first-order chi connectivity index (χ1) is 13.6. The Morgan fingerprint density at radius 3 is 2.28 bits per heavy atom. The molecule has 0 aliphatic carbocycles. The van der Waals surface area contributed by atoms with E-state index in [1.54, 1.807) is 12.1 Å². The number of rotatable bonds is 4. The number of carbonyl (C=O) groups is 1. The van der Waals surface area contributed by atoms with E-state index in [4.69, 9.17) is 11.6 Å². The molecule has 0 fully saturated rings. The molecule has 3 aromatic rings. The molecule has 0 saturated heterocycles. The van der Waals surface area contributed by atoms with Crippen molar-refractivity contribution in [2.24, 2.45) is 0 Å². The molecule has 0 saturated carbocycles. The minimum Gasteiger partial charge on any atom is -0.323 e. The predicted octanol–water partition coefficient (Wildman–Crippen LogP) is 3.79. The van der Waals surface area contributed by atoms with Crippen molar-refractivity contribution in [3.63, 3.8) is 0 Å². The Morgan fingerprint density at radius 1 is 1.03 bits per heavy atom. The van der Waals surface area contributed by atoms with Crippen LogP contribution in [0.15, 0.2) is 64.3 Å². The molecule has 1 amide bonds. The summed E-state index contributed by atoms with van der Waals surface area (Å²) >= 11 is 6.35. The van der Waals surface area contributed by atoms with Gasteiger partial charge in [-0.25, -0.2) is 4.79 Å². The van der Waals surface area contributed by atoms with Gasteiger partial charge in [-0.2, -0.15) is 0 Å². The summed E-state index contributed by atoms with van der Waals surface area (Å²) in [6, 6.07) is 14.9. The van der Waals surface area contributed by atoms with Crippen LogP contribution in [0.25, 0.3) is 11.1 Å². The monoisotopic (exact) mass is 411 g/mol. The number of H-pyrrole nitrogens is 1. The molecule has 1 heterocycles. The summed E-state index contributed by atoms with van der Waals surface area (Å²) in [5.74, 6) is -0.427. The molecule has 3 rings (SSSR count). The van der Waals surface area contributed by atoms with E-state index in [9.17, 15) is 14.4 Å². The summed E-state index contributed by atoms with van der Waals surface area (Å²) in [5.41, 5.74) is 2.58.